The lowest BCUT2D eigenvalue weighted by Crippen LogP contribution is -2.39. The zero-order chi connectivity index (χ0) is 21.6. The standard InChI is InChI=1S/C24H21BrN2O4/c25-18-9-7-17(8-10-18)24(29)26-19-11-12-21-22(15-19)31-16-23(28)27(21)13-4-14-30-20-5-2-1-3-6-20/h1-3,5-12,15H,4,13-14,16H2,(H,26,29). The molecule has 0 radical (unpaired) electrons. The van der Waals surface area contributed by atoms with Crippen LogP contribution in [0.15, 0.2) is 77.3 Å². The highest BCUT2D eigenvalue weighted by Gasteiger charge is 2.25. The van der Waals surface area contributed by atoms with Crippen molar-refractivity contribution >= 4 is 39.1 Å². The molecule has 0 bridgehead atoms. The van der Waals surface area contributed by atoms with E-state index in [-0.39, 0.29) is 18.4 Å². The second-order valence-electron chi connectivity index (χ2n) is 6.99. The molecule has 4 rings (SSSR count). The van der Waals surface area contributed by atoms with Gasteiger partial charge in [0.15, 0.2) is 6.61 Å². The van der Waals surface area contributed by atoms with E-state index in [1.54, 1.807) is 35.2 Å². The summed E-state index contributed by atoms with van der Waals surface area (Å²) in [6.07, 6.45) is 0.683. The molecule has 3 aromatic rings. The number of ether oxygens (including phenoxy) is 2. The van der Waals surface area contributed by atoms with Gasteiger partial charge in [0.25, 0.3) is 11.8 Å². The van der Waals surface area contributed by atoms with Crippen LogP contribution in [0.1, 0.15) is 16.8 Å². The van der Waals surface area contributed by atoms with Crippen LogP contribution in [-0.4, -0.2) is 31.6 Å². The summed E-state index contributed by atoms with van der Waals surface area (Å²) in [6, 6.07) is 22.0. The van der Waals surface area contributed by atoms with E-state index >= 15 is 0 Å². The number of carbonyl (C=O) groups is 2. The first-order chi connectivity index (χ1) is 15.1. The number of carbonyl (C=O) groups excluding carboxylic acids is 2. The van der Waals surface area contributed by atoms with Crippen LogP contribution in [0, 0.1) is 0 Å². The fourth-order valence-corrected chi connectivity index (χ4v) is 3.53. The third-order valence-corrected chi connectivity index (χ3v) is 5.33. The predicted octanol–water partition coefficient (Wildman–Crippen LogP) is 4.90. The van der Waals surface area contributed by atoms with Crippen molar-refractivity contribution in [3.63, 3.8) is 0 Å². The number of para-hydroxylation sites is 1. The van der Waals surface area contributed by atoms with E-state index in [0.717, 1.165) is 10.2 Å². The number of amides is 2. The number of benzene rings is 3. The number of anilines is 2. The van der Waals surface area contributed by atoms with Crippen molar-refractivity contribution in [2.75, 3.05) is 30.0 Å². The molecule has 1 heterocycles. The van der Waals surface area contributed by atoms with Crippen LogP contribution >= 0.6 is 15.9 Å². The molecule has 0 saturated heterocycles. The lowest BCUT2D eigenvalue weighted by Gasteiger charge is -2.29. The summed E-state index contributed by atoms with van der Waals surface area (Å²) < 4.78 is 12.2. The Morgan fingerprint density at radius 3 is 2.61 bits per heavy atom. The first-order valence-electron chi connectivity index (χ1n) is 9.92. The summed E-state index contributed by atoms with van der Waals surface area (Å²) in [5, 5.41) is 2.87. The molecule has 158 valence electrons. The van der Waals surface area contributed by atoms with Crippen molar-refractivity contribution in [1.29, 1.82) is 0 Å². The lowest BCUT2D eigenvalue weighted by molar-refractivity contribution is -0.121. The van der Waals surface area contributed by atoms with Crippen LogP contribution in [0.2, 0.25) is 0 Å². The third kappa shape index (κ3) is 5.24. The number of hydrogen-bond donors (Lipinski definition) is 1. The molecule has 31 heavy (non-hydrogen) atoms. The first kappa shape index (κ1) is 20.9. The van der Waals surface area contributed by atoms with Gasteiger partial charge in [0, 0.05) is 28.3 Å². The lowest BCUT2D eigenvalue weighted by atomic mass is 10.1. The van der Waals surface area contributed by atoms with Crippen LogP contribution in [0.5, 0.6) is 11.5 Å². The van der Waals surface area contributed by atoms with Gasteiger partial charge in [-0.3, -0.25) is 9.59 Å². The molecule has 1 aliphatic rings. The van der Waals surface area contributed by atoms with Crippen LogP contribution in [0.25, 0.3) is 0 Å². The van der Waals surface area contributed by atoms with Gasteiger partial charge >= 0.3 is 0 Å². The molecule has 2 amide bonds. The fraction of sp³-hybridized carbons (Fsp3) is 0.167. The highest BCUT2D eigenvalue weighted by molar-refractivity contribution is 9.10. The van der Waals surface area contributed by atoms with E-state index in [4.69, 9.17) is 9.47 Å². The van der Waals surface area contributed by atoms with Gasteiger partial charge < -0.3 is 19.7 Å². The molecule has 6 nitrogen and oxygen atoms in total. The average molecular weight is 481 g/mol. The predicted molar refractivity (Wildman–Crippen MR) is 123 cm³/mol. The maximum atomic E-state index is 12.5. The van der Waals surface area contributed by atoms with Gasteiger partial charge in [0.2, 0.25) is 0 Å². The minimum absolute atomic E-state index is 0.0311. The molecule has 1 aliphatic heterocycles. The third-order valence-electron chi connectivity index (χ3n) is 4.81. The molecule has 3 aromatic carbocycles. The summed E-state index contributed by atoms with van der Waals surface area (Å²) in [7, 11) is 0. The molecule has 0 aromatic heterocycles. The van der Waals surface area contributed by atoms with E-state index in [1.807, 2.05) is 42.5 Å². The van der Waals surface area contributed by atoms with Gasteiger partial charge in [0.05, 0.1) is 12.3 Å². The quantitative estimate of drug-likeness (QED) is 0.488. The average Bonchev–Trinajstić information content (AvgIpc) is 2.79. The number of rotatable bonds is 7. The smallest absolute Gasteiger partial charge is 0.265 e. The van der Waals surface area contributed by atoms with Gasteiger partial charge in [-0.2, -0.15) is 0 Å². The Kier molecular flexibility index (Phi) is 6.52. The van der Waals surface area contributed by atoms with Gasteiger partial charge in [-0.05, 0) is 55.0 Å². The zero-order valence-corrected chi connectivity index (χ0v) is 18.3. The van der Waals surface area contributed by atoms with Gasteiger partial charge in [-0.15, -0.1) is 0 Å². The van der Waals surface area contributed by atoms with E-state index in [1.165, 1.54) is 0 Å². The number of nitrogens with zero attached hydrogens (tertiary/aromatic N) is 1. The molecule has 0 aliphatic carbocycles. The summed E-state index contributed by atoms with van der Waals surface area (Å²) in [4.78, 5) is 26.5. The number of fused-ring (bicyclic) bond motifs is 1. The highest BCUT2D eigenvalue weighted by atomic mass is 79.9. The summed E-state index contributed by atoms with van der Waals surface area (Å²) in [6.45, 7) is 0.995. The number of hydrogen-bond acceptors (Lipinski definition) is 4. The van der Waals surface area contributed by atoms with E-state index in [0.29, 0.717) is 42.3 Å². The highest BCUT2D eigenvalue weighted by Crippen LogP contribution is 2.34. The molecule has 0 atom stereocenters. The van der Waals surface area contributed by atoms with Crippen molar-refractivity contribution in [1.82, 2.24) is 0 Å². The Morgan fingerprint density at radius 1 is 1.06 bits per heavy atom. The Bertz CT molecular complexity index is 1070. The SMILES string of the molecule is O=C(Nc1ccc2c(c1)OCC(=O)N2CCCOc1ccccc1)c1ccc(Br)cc1. The van der Waals surface area contributed by atoms with Crippen molar-refractivity contribution in [2.45, 2.75) is 6.42 Å². The molecule has 7 heteroatoms. The van der Waals surface area contributed by atoms with Crippen LogP contribution in [-0.2, 0) is 4.79 Å². The summed E-state index contributed by atoms with van der Waals surface area (Å²) >= 11 is 3.36. The summed E-state index contributed by atoms with van der Waals surface area (Å²) in [5.74, 6) is 1.06. The normalized spacial score (nSPS) is 12.7. The van der Waals surface area contributed by atoms with E-state index in [2.05, 4.69) is 21.2 Å². The van der Waals surface area contributed by atoms with Crippen LogP contribution in [0.4, 0.5) is 11.4 Å². The minimum Gasteiger partial charge on any atom is -0.494 e. The molecule has 0 fully saturated rings. The second-order valence-corrected chi connectivity index (χ2v) is 7.91. The molecule has 0 unspecified atom stereocenters. The van der Waals surface area contributed by atoms with Crippen LogP contribution < -0.4 is 19.7 Å². The molecule has 1 N–H and O–H groups in total. The van der Waals surface area contributed by atoms with Gasteiger partial charge in [0.1, 0.15) is 11.5 Å². The molecule has 0 saturated carbocycles. The zero-order valence-electron chi connectivity index (χ0n) is 16.7. The molecular weight excluding hydrogens is 460 g/mol. The monoisotopic (exact) mass is 480 g/mol. The molecule has 0 spiro atoms. The molecular formula is C24H21BrN2O4. The van der Waals surface area contributed by atoms with E-state index in [9.17, 15) is 9.59 Å². The van der Waals surface area contributed by atoms with Crippen molar-refractivity contribution in [2.24, 2.45) is 0 Å². The van der Waals surface area contributed by atoms with Gasteiger partial charge in [-0.25, -0.2) is 0 Å². The minimum atomic E-state index is -0.214. The van der Waals surface area contributed by atoms with Crippen molar-refractivity contribution < 1.29 is 19.1 Å². The maximum absolute atomic E-state index is 12.5. The topological polar surface area (TPSA) is 67.9 Å². The van der Waals surface area contributed by atoms with E-state index < -0.39 is 0 Å². The largest absolute Gasteiger partial charge is 0.494 e. The Morgan fingerprint density at radius 2 is 1.84 bits per heavy atom. The number of nitrogens with one attached hydrogen (secondary N) is 1. The Balaban J connectivity index is 1.39. The first-order valence-corrected chi connectivity index (χ1v) is 10.7. The van der Waals surface area contributed by atoms with Crippen LogP contribution in [0.3, 0.4) is 0 Å². The van der Waals surface area contributed by atoms with Crippen molar-refractivity contribution in [3.8, 4) is 11.5 Å². The Hall–Kier alpha value is -3.32. The Labute approximate surface area is 188 Å². The second kappa shape index (κ2) is 9.66. The summed E-state index contributed by atoms with van der Waals surface area (Å²) in [5.41, 5.74) is 1.85. The number of halogens is 1. The maximum Gasteiger partial charge on any atom is 0.265 e. The fourth-order valence-electron chi connectivity index (χ4n) is 3.26. The van der Waals surface area contributed by atoms with Crippen molar-refractivity contribution in [3.05, 3.63) is 82.8 Å². The van der Waals surface area contributed by atoms with Gasteiger partial charge in [-0.1, -0.05) is 34.1 Å².